The van der Waals surface area contributed by atoms with E-state index >= 15 is 0 Å². The summed E-state index contributed by atoms with van der Waals surface area (Å²) in [7, 11) is 0. The van der Waals surface area contributed by atoms with Crippen molar-refractivity contribution >= 4 is 17.7 Å². The quantitative estimate of drug-likeness (QED) is 0.601. The van der Waals surface area contributed by atoms with Crippen LogP contribution in [0.3, 0.4) is 0 Å². The van der Waals surface area contributed by atoms with E-state index in [0.29, 0.717) is 24.2 Å². The summed E-state index contributed by atoms with van der Waals surface area (Å²) in [4.78, 5) is 38.3. The van der Waals surface area contributed by atoms with Crippen molar-refractivity contribution in [2.75, 3.05) is 6.54 Å². The van der Waals surface area contributed by atoms with E-state index in [1.54, 1.807) is 24.3 Å². The number of hydrogen-bond donors (Lipinski definition) is 1. The van der Waals surface area contributed by atoms with Crippen molar-refractivity contribution in [2.45, 2.75) is 33.4 Å². The molecule has 0 saturated heterocycles. The summed E-state index contributed by atoms with van der Waals surface area (Å²) >= 11 is 0. The standard InChI is InChI=1S/C24H24N4O3/c1-16-21(17(2)28(26-16)15-18-8-4-3-5-9-18)14-25-22(29)12-13-27-23(30)19-10-6-7-11-20(19)24(27)31/h3-11H,12-15H2,1-2H3,(H,25,29). The molecule has 2 aromatic carbocycles. The molecular weight excluding hydrogens is 392 g/mol. The number of aryl methyl sites for hydroxylation is 1. The topological polar surface area (TPSA) is 84.3 Å². The molecule has 7 heteroatoms. The second kappa shape index (κ2) is 8.55. The summed E-state index contributed by atoms with van der Waals surface area (Å²) in [6.45, 7) is 5.00. The number of carbonyl (C=O) groups is 3. The molecule has 0 radical (unpaired) electrons. The summed E-state index contributed by atoms with van der Waals surface area (Å²) < 4.78 is 1.94. The Hall–Kier alpha value is -3.74. The summed E-state index contributed by atoms with van der Waals surface area (Å²) in [5.74, 6) is -0.907. The SMILES string of the molecule is Cc1nn(Cc2ccccc2)c(C)c1CNC(=O)CCN1C(=O)c2ccccc2C1=O. The molecule has 158 valence electrons. The second-order valence-electron chi connectivity index (χ2n) is 7.63. The van der Waals surface area contributed by atoms with Gasteiger partial charge in [0.25, 0.3) is 11.8 Å². The zero-order valence-corrected chi connectivity index (χ0v) is 17.6. The predicted molar refractivity (Wildman–Crippen MR) is 116 cm³/mol. The number of amides is 3. The zero-order valence-electron chi connectivity index (χ0n) is 17.6. The van der Waals surface area contributed by atoms with Gasteiger partial charge in [-0.05, 0) is 31.5 Å². The summed E-state index contributed by atoms with van der Waals surface area (Å²) in [5.41, 5.74) is 4.79. The number of rotatable bonds is 7. The van der Waals surface area contributed by atoms with Crippen LogP contribution in [-0.2, 0) is 17.9 Å². The van der Waals surface area contributed by atoms with Crippen LogP contribution in [0.5, 0.6) is 0 Å². The molecule has 0 fully saturated rings. The Morgan fingerprint density at radius 3 is 2.19 bits per heavy atom. The molecule has 3 amide bonds. The lowest BCUT2D eigenvalue weighted by atomic mass is 10.1. The van der Waals surface area contributed by atoms with Gasteiger partial charge in [0.05, 0.1) is 23.4 Å². The lowest BCUT2D eigenvalue weighted by molar-refractivity contribution is -0.121. The Kier molecular flexibility index (Phi) is 5.66. The Morgan fingerprint density at radius 2 is 1.55 bits per heavy atom. The van der Waals surface area contributed by atoms with Crippen molar-refractivity contribution in [3.8, 4) is 0 Å². The highest BCUT2D eigenvalue weighted by atomic mass is 16.2. The van der Waals surface area contributed by atoms with Crippen molar-refractivity contribution in [1.29, 1.82) is 0 Å². The molecule has 31 heavy (non-hydrogen) atoms. The minimum absolute atomic E-state index is 0.0573. The number of hydrogen-bond acceptors (Lipinski definition) is 4. The molecule has 0 bridgehead atoms. The highest BCUT2D eigenvalue weighted by molar-refractivity contribution is 6.21. The fraction of sp³-hybridized carbons (Fsp3) is 0.250. The molecule has 4 rings (SSSR count). The maximum Gasteiger partial charge on any atom is 0.261 e. The van der Waals surface area contributed by atoms with Crippen molar-refractivity contribution < 1.29 is 14.4 Å². The van der Waals surface area contributed by atoms with Gasteiger partial charge in [-0.3, -0.25) is 24.0 Å². The summed E-state index contributed by atoms with van der Waals surface area (Å²) in [6.07, 6.45) is 0.0573. The van der Waals surface area contributed by atoms with Gasteiger partial charge in [-0.1, -0.05) is 42.5 Å². The highest BCUT2D eigenvalue weighted by Gasteiger charge is 2.34. The molecule has 1 aromatic heterocycles. The molecule has 0 spiro atoms. The van der Waals surface area contributed by atoms with Crippen LogP contribution in [-0.4, -0.2) is 38.9 Å². The summed E-state index contributed by atoms with van der Waals surface area (Å²) in [5, 5.41) is 7.49. The van der Waals surface area contributed by atoms with Crippen molar-refractivity contribution in [3.63, 3.8) is 0 Å². The van der Waals surface area contributed by atoms with Gasteiger partial charge in [0.15, 0.2) is 0 Å². The van der Waals surface area contributed by atoms with Crippen LogP contribution < -0.4 is 5.32 Å². The molecule has 2 heterocycles. The van der Waals surface area contributed by atoms with Crippen LogP contribution in [0.15, 0.2) is 54.6 Å². The highest BCUT2D eigenvalue weighted by Crippen LogP contribution is 2.22. The molecule has 1 aliphatic heterocycles. The molecule has 3 aromatic rings. The number of imide groups is 1. The Bertz CT molecular complexity index is 1120. The number of nitrogens with zero attached hydrogens (tertiary/aromatic N) is 3. The van der Waals surface area contributed by atoms with Gasteiger partial charge in [0, 0.05) is 30.8 Å². The lowest BCUT2D eigenvalue weighted by Gasteiger charge is -2.13. The van der Waals surface area contributed by atoms with Gasteiger partial charge in [-0.2, -0.15) is 5.10 Å². The third kappa shape index (κ3) is 4.12. The molecule has 0 aliphatic carbocycles. The number of aromatic nitrogens is 2. The number of benzene rings is 2. The Morgan fingerprint density at radius 1 is 0.935 bits per heavy atom. The maximum atomic E-state index is 12.4. The zero-order chi connectivity index (χ0) is 22.0. The van der Waals surface area contributed by atoms with E-state index in [-0.39, 0.29) is 30.7 Å². The fourth-order valence-corrected chi connectivity index (χ4v) is 3.83. The third-order valence-corrected chi connectivity index (χ3v) is 5.61. The summed E-state index contributed by atoms with van der Waals surface area (Å²) in [6, 6.07) is 16.8. The van der Waals surface area contributed by atoms with E-state index in [9.17, 15) is 14.4 Å². The second-order valence-corrected chi connectivity index (χ2v) is 7.63. The average Bonchev–Trinajstić information content (AvgIpc) is 3.18. The molecular formula is C24H24N4O3. The average molecular weight is 416 g/mol. The first-order valence-electron chi connectivity index (χ1n) is 10.2. The van der Waals surface area contributed by atoms with Gasteiger partial charge >= 0.3 is 0 Å². The van der Waals surface area contributed by atoms with Crippen molar-refractivity contribution in [1.82, 2.24) is 20.0 Å². The smallest absolute Gasteiger partial charge is 0.261 e. The van der Waals surface area contributed by atoms with E-state index in [1.807, 2.05) is 36.7 Å². The number of nitrogens with one attached hydrogen (secondary N) is 1. The van der Waals surface area contributed by atoms with Gasteiger partial charge in [-0.15, -0.1) is 0 Å². The first kappa shape index (κ1) is 20.5. The lowest BCUT2D eigenvalue weighted by Crippen LogP contribution is -2.34. The molecule has 1 N–H and O–H groups in total. The van der Waals surface area contributed by atoms with E-state index in [1.165, 1.54) is 0 Å². The predicted octanol–water partition coefficient (Wildman–Crippen LogP) is 2.85. The van der Waals surface area contributed by atoms with Crippen molar-refractivity contribution in [3.05, 3.63) is 88.2 Å². The van der Waals surface area contributed by atoms with Gasteiger partial charge in [-0.25, -0.2) is 0 Å². The van der Waals surface area contributed by atoms with Crippen LogP contribution in [0, 0.1) is 13.8 Å². The number of fused-ring (bicyclic) bond motifs is 1. The molecule has 0 saturated carbocycles. The van der Waals surface area contributed by atoms with Gasteiger partial charge in [0.2, 0.25) is 5.91 Å². The molecule has 1 aliphatic rings. The first-order chi connectivity index (χ1) is 15.0. The van der Waals surface area contributed by atoms with E-state index in [0.717, 1.165) is 27.4 Å². The van der Waals surface area contributed by atoms with Crippen LogP contribution >= 0.6 is 0 Å². The van der Waals surface area contributed by atoms with Crippen molar-refractivity contribution in [2.24, 2.45) is 0 Å². The first-order valence-corrected chi connectivity index (χ1v) is 10.2. The number of carbonyl (C=O) groups excluding carboxylic acids is 3. The monoisotopic (exact) mass is 416 g/mol. The fourth-order valence-electron chi connectivity index (χ4n) is 3.83. The third-order valence-electron chi connectivity index (χ3n) is 5.61. The minimum atomic E-state index is -0.345. The Labute approximate surface area is 180 Å². The molecule has 0 unspecified atom stereocenters. The van der Waals surface area contributed by atoms with E-state index < -0.39 is 0 Å². The van der Waals surface area contributed by atoms with Crippen LogP contribution in [0.25, 0.3) is 0 Å². The molecule has 7 nitrogen and oxygen atoms in total. The van der Waals surface area contributed by atoms with Crippen LogP contribution in [0.4, 0.5) is 0 Å². The molecule has 0 atom stereocenters. The van der Waals surface area contributed by atoms with Crippen LogP contribution in [0.1, 0.15) is 49.7 Å². The minimum Gasteiger partial charge on any atom is -0.352 e. The maximum absolute atomic E-state index is 12.4. The van der Waals surface area contributed by atoms with Gasteiger partial charge < -0.3 is 5.32 Å². The largest absolute Gasteiger partial charge is 0.352 e. The normalized spacial score (nSPS) is 12.9. The van der Waals surface area contributed by atoms with Crippen LogP contribution in [0.2, 0.25) is 0 Å². The van der Waals surface area contributed by atoms with E-state index in [2.05, 4.69) is 22.5 Å². The van der Waals surface area contributed by atoms with Gasteiger partial charge in [0.1, 0.15) is 0 Å². The van der Waals surface area contributed by atoms with E-state index in [4.69, 9.17) is 0 Å². The Balaban J connectivity index is 1.33.